The molecule has 1 heterocycles. The van der Waals surface area contributed by atoms with E-state index in [-0.39, 0.29) is 12.0 Å². The largest absolute Gasteiger partial charge is 0.497 e. The van der Waals surface area contributed by atoms with Crippen molar-refractivity contribution in [2.45, 2.75) is 57.6 Å². The molecule has 1 aromatic carbocycles. The van der Waals surface area contributed by atoms with Crippen molar-refractivity contribution in [3.05, 3.63) is 23.8 Å². The van der Waals surface area contributed by atoms with Crippen molar-refractivity contribution in [1.82, 2.24) is 10.2 Å². The molecule has 1 aromatic rings. The van der Waals surface area contributed by atoms with Gasteiger partial charge in [-0.25, -0.2) is 0 Å². The Bertz CT molecular complexity index is 716. The van der Waals surface area contributed by atoms with Gasteiger partial charge in [0.15, 0.2) is 5.96 Å². The molecule has 160 valence electrons. The molecule has 1 aliphatic heterocycles. The maximum absolute atomic E-state index is 11.3. The molecule has 2 fully saturated rings. The van der Waals surface area contributed by atoms with E-state index in [1.165, 1.54) is 12.8 Å². The monoisotopic (exact) mass is 402 g/mol. The fourth-order valence-corrected chi connectivity index (χ4v) is 4.32. The molecule has 0 spiro atoms. The highest BCUT2D eigenvalue weighted by Crippen LogP contribution is 2.30. The molecule has 29 heavy (non-hydrogen) atoms. The number of carbonyl (C=O) groups excluding carboxylic acids is 1. The molecular weight excluding hydrogens is 368 g/mol. The third-order valence-electron chi connectivity index (χ3n) is 5.83. The molecule has 7 nitrogen and oxygen atoms in total. The summed E-state index contributed by atoms with van der Waals surface area (Å²) in [4.78, 5) is 18.0. The summed E-state index contributed by atoms with van der Waals surface area (Å²) in [5.41, 5.74) is 6.48. The molecule has 7 heteroatoms. The van der Waals surface area contributed by atoms with Gasteiger partial charge in [-0.2, -0.15) is 0 Å². The second kappa shape index (κ2) is 10.4. The van der Waals surface area contributed by atoms with Crippen LogP contribution in [0, 0.1) is 5.92 Å². The third-order valence-corrected chi connectivity index (χ3v) is 5.83. The van der Waals surface area contributed by atoms with Crippen molar-refractivity contribution in [2.75, 3.05) is 27.2 Å². The number of nitrogens with zero attached hydrogens (tertiary/aromatic N) is 2. The van der Waals surface area contributed by atoms with Crippen molar-refractivity contribution in [1.29, 1.82) is 0 Å². The van der Waals surface area contributed by atoms with Crippen LogP contribution in [0.2, 0.25) is 0 Å². The van der Waals surface area contributed by atoms with Crippen molar-refractivity contribution in [2.24, 2.45) is 16.6 Å². The molecule has 3 N–H and O–H groups in total. The number of hydrogen-bond donors (Lipinski definition) is 2. The predicted molar refractivity (Wildman–Crippen MR) is 114 cm³/mol. The van der Waals surface area contributed by atoms with Crippen molar-refractivity contribution >= 4 is 11.9 Å². The summed E-state index contributed by atoms with van der Waals surface area (Å²) in [6.45, 7) is 2.36. The zero-order valence-electron chi connectivity index (χ0n) is 17.7. The standard InChI is InChI=1S/C22H34N4O3/c1-24-22(26-11-5-6-16(15-26)12-21(23)27)25-14-17-9-10-19(28-2)13-20(17)29-18-7-3-4-8-18/h9-10,13,16,18H,3-8,11-12,14-15H2,1-2H3,(H2,23,27)(H,24,25). The fraction of sp³-hybridized carbons (Fsp3) is 0.636. The topological polar surface area (TPSA) is 89.2 Å². The number of benzene rings is 1. The third kappa shape index (κ3) is 6.02. The van der Waals surface area contributed by atoms with E-state index in [2.05, 4.69) is 21.3 Å². The number of primary amides is 1. The van der Waals surface area contributed by atoms with E-state index in [1.54, 1.807) is 14.2 Å². The number of guanidine groups is 1. The molecule has 0 radical (unpaired) electrons. The van der Waals surface area contributed by atoms with Gasteiger partial charge in [-0.05, 0) is 56.6 Å². The summed E-state index contributed by atoms with van der Waals surface area (Å²) in [6.07, 6.45) is 7.49. The molecule has 1 atom stereocenters. The van der Waals surface area contributed by atoms with Crippen LogP contribution in [-0.2, 0) is 11.3 Å². The SMILES string of the molecule is CN=C(NCc1ccc(OC)cc1OC1CCCC1)N1CCCC(CC(N)=O)C1. The van der Waals surface area contributed by atoms with Gasteiger partial charge in [0.05, 0.1) is 13.2 Å². The van der Waals surface area contributed by atoms with Crippen LogP contribution in [0.5, 0.6) is 11.5 Å². The summed E-state index contributed by atoms with van der Waals surface area (Å²) in [6, 6.07) is 5.99. The summed E-state index contributed by atoms with van der Waals surface area (Å²) in [5, 5.41) is 3.47. The number of rotatable bonds is 7. The molecule has 0 aromatic heterocycles. The molecule has 3 rings (SSSR count). The first-order chi connectivity index (χ1) is 14.1. The van der Waals surface area contributed by atoms with E-state index < -0.39 is 0 Å². The lowest BCUT2D eigenvalue weighted by atomic mass is 9.95. The smallest absolute Gasteiger partial charge is 0.217 e. The first-order valence-corrected chi connectivity index (χ1v) is 10.7. The Labute approximate surface area is 173 Å². The second-order valence-electron chi connectivity index (χ2n) is 8.02. The number of hydrogen-bond acceptors (Lipinski definition) is 4. The van der Waals surface area contributed by atoms with Gasteiger partial charge in [-0.15, -0.1) is 0 Å². The van der Waals surface area contributed by atoms with Crippen LogP contribution in [0.15, 0.2) is 23.2 Å². The minimum Gasteiger partial charge on any atom is -0.497 e. The van der Waals surface area contributed by atoms with Gasteiger partial charge in [-0.1, -0.05) is 0 Å². The quantitative estimate of drug-likeness (QED) is 0.541. The zero-order chi connectivity index (χ0) is 20.6. The van der Waals surface area contributed by atoms with Crippen LogP contribution in [0.25, 0.3) is 0 Å². The summed E-state index contributed by atoms with van der Waals surface area (Å²) >= 11 is 0. The number of carbonyl (C=O) groups is 1. The highest BCUT2D eigenvalue weighted by atomic mass is 16.5. The van der Waals surface area contributed by atoms with Crippen molar-refractivity contribution in [3.63, 3.8) is 0 Å². The van der Waals surface area contributed by atoms with Crippen LogP contribution in [0.3, 0.4) is 0 Å². The molecule has 1 saturated carbocycles. The lowest BCUT2D eigenvalue weighted by Crippen LogP contribution is -2.46. The van der Waals surface area contributed by atoms with E-state index >= 15 is 0 Å². The van der Waals surface area contributed by atoms with Crippen molar-refractivity contribution < 1.29 is 14.3 Å². The highest BCUT2D eigenvalue weighted by Gasteiger charge is 2.24. The molecule has 0 bridgehead atoms. The Morgan fingerprint density at radius 2 is 2.07 bits per heavy atom. The zero-order valence-corrected chi connectivity index (χ0v) is 17.7. The molecule has 2 aliphatic rings. The van der Waals surface area contributed by atoms with E-state index in [9.17, 15) is 4.79 Å². The number of nitrogens with two attached hydrogens (primary N) is 1. The number of piperidine rings is 1. The van der Waals surface area contributed by atoms with Crippen LogP contribution < -0.4 is 20.5 Å². The first-order valence-electron chi connectivity index (χ1n) is 10.7. The Balaban J connectivity index is 1.64. The summed E-state index contributed by atoms with van der Waals surface area (Å²) in [5.74, 6) is 2.59. The minimum absolute atomic E-state index is 0.230. The molecule has 1 unspecified atom stereocenters. The average molecular weight is 403 g/mol. The van der Waals surface area contributed by atoms with Crippen LogP contribution in [0.1, 0.15) is 50.5 Å². The average Bonchev–Trinajstić information content (AvgIpc) is 3.22. The van der Waals surface area contributed by atoms with Crippen molar-refractivity contribution in [3.8, 4) is 11.5 Å². The van der Waals surface area contributed by atoms with Crippen LogP contribution >= 0.6 is 0 Å². The lowest BCUT2D eigenvalue weighted by Gasteiger charge is -2.34. The van der Waals surface area contributed by atoms with Gasteiger partial charge in [0, 0.05) is 44.7 Å². The molecule has 1 amide bonds. The Morgan fingerprint density at radius 1 is 1.28 bits per heavy atom. The number of ether oxygens (including phenoxy) is 2. The normalized spacial score (nSPS) is 20.6. The first kappa shape index (κ1) is 21.3. The van der Waals surface area contributed by atoms with Crippen LogP contribution in [0.4, 0.5) is 0 Å². The van der Waals surface area contributed by atoms with Gasteiger partial charge >= 0.3 is 0 Å². The lowest BCUT2D eigenvalue weighted by molar-refractivity contribution is -0.119. The Morgan fingerprint density at radius 3 is 2.76 bits per heavy atom. The molecular formula is C22H34N4O3. The number of likely N-dealkylation sites (tertiary alicyclic amines) is 1. The maximum atomic E-state index is 11.3. The number of methoxy groups -OCH3 is 1. The minimum atomic E-state index is -0.230. The molecule has 1 saturated heterocycles. The number of amides is 1. The summed E-state index contributed by atoms with van der Waals surface area (Å²) < 4.78 is 11.7. The van der Waals surface area contributed by atoms with Gasteiger partial charge in [-0.3, -0.25) is 9.79 Å². The van der Waals surface area contributed by atoms with E-state index in [1.807, 2.05) is 12.1 Å². The van der Waals surface area contributed by atoms with E-state index in [4.69, 9.17) is 15.2 Å². The predicted octanol–water partition coefficient (Wildman–Crippen LogP) is 2.68. The van der Waals surface area contributed by atoms with Gasteiger partial charge in [0.1, 0.15) is 11.5 Å². The Hall–Kier alpha value is -2.44. The van der Waals surface area contributed by atoms with Crippen LogP contribution in [-0.4, -0.2) is 50.1 Å². The van der Waals surface area contributed by atoms with Gasteiger partial charge in [0.25, 0.3) is 0 Å². The fourth-order valence-electron chi connectivity index (χ4n) is 4.32. The second-order valence-corrected chi connectivity index (χ2v) is 8.02. The maximum Gasteiger partial charge on any atom is 0.217 e. The number of aliphatic imine (C=N–C) groups is 1. The highest BCUT2D eigenvalue weighted by molar-refractivity contribution is 5.80. The number of nitrogens with one attached hydrogen (secondary N) is 1. The van der Waals surface area contributed by atoms with E-state index in [0.29, 0.717) is 18.9 Å². The summed E-state index contributed by atoms with van der Waals surface area (Å²) in [7, 11) is 3.47. The van der Waals surface area contributed by atoms with Gasteiger partial charge in [0.2, 0.25) is 5.91 Å². The van der Waals surface area contributed by atoms with Gasteiger partial charge < -0.3 is 25.4 Å². The van der Waals surface area contributed by atoms with E-state index in [0.717, 1.165) is 61.8 Å². The Kier molecular flexibility index (Phi) is 7.61. The molecule has 1 aliphatic carbocycles.